The molecule has 6 nitrogen and oxygen atoms in total. The lowest BCUT2D eigenvalue weighted by Gasteiger charge is -2.31. The zero-order valence-electron chi connectivity index (χ0n) is 17.3. The molecule has 6 heteroatoms. The Balaban J connectivity index is 1.50. The van der Waals surface area contributed by atoms with Crippen LogP contribution < -0.4 is 0 Å². The van der Waals surface area contributed by atoms with Crippen molar-refractivity contribution in [2.45, 2.75) is 25.4 Å². The fourth-order valence-corrected chi connectivity index (χ4v) is 4.55. The topological polar surface area (TPSA) is 61.9 Å². The highest BCUT2D eigenvalue weighted by Crippen LogP contribution is 2.40. The van der Waals surface area contributed by atoms with E-state index in [1.807, 2.05) is 30.6 Å². The molecule has 0 bridgehead atoms. The Kier molecular flexibility index (Phi) is 5.19. The number of furan rings is 1. The van der Waals surface area contributed by atoms with Crippen molar-refractivity contribution >= 4 is 0 Å². The van der Waals surface area contributed by atoms with Crippen molar-refractivity contribution in [3.05, 3.63) is 70.6 Å². The van der Waals surface area contributed by atoms with E-state index in [9.17, 15) is 4.91 Å². The predicted octanol–water partition coefficient (Wildman–Crippen LogP) is 4.51. The number of rotatable bonds is 5. The van der Waals surface area contributed by atoms with Crippen LogP contribution in [-0.4, -0.2) is 48.0 Å². The molecule has 0 spiro atoms. The van der Waals surface area contributed by atoms with Crippen LogP contribution in [0.3, 0.4) is 0 Å². The summed E-state index contributed by atoms with van der Waals surface area (Å²) in [4.78, 5) is 20.1. The molecule has 0 saturated carbocycles. The van der Waals surface area contributed by atoms with E-state index in [0.717, 1.165) is 79.3 Å². The highest BCUT2D eigenvalue weighted by molar-refractivity contribution is 5.80. The number of likely N-dealkylation sites (N-methyl/N-ethyl adjacent to an activating group) is 1. The first-order valence-electron chi connectivity index (χ1n) is 10.6. The van der Waals surface area contributed by atoms with E-state index in [-0.39, 0.29) is 6.04 Å². The fourth-order valence-electron chi connectivity index (χ4n) is 4.55. The minimum absolute atomic E-state index is 0.210. The van der Waals surface area contributed by atoms with E-state index >= 15 is 0 Å². The van der Waals surface area contributed by atoms with E-state index in [1.54, 1.807) is 0 Å². The molecule has 1 aromatic carbocycles. The Hall–Kier alpha value is -2.83. The minimum Gasteiger partial charge on any atom is -0.459 e. The molecule has 154 valence electrons. The van der Waals surface area contributed by atoms with Crippen molar-refractivity contribution in [2.24, 2.45) is 5.18 Å². The van der Waals surface area contributed by atoms with E-state index < -0.39 is 0 Å². The molecule has 1 aliphatic carbocycles. The molecular formula is C24H26N4O2. The van der Waals surface area contributed by atoms with E-state index in [2.05, 4.69) is 45.2 Å². The first-order valence-corrected chi connectivity index (χ1v) is 10.6. The van der Waals surface area contributed by atoms with Crippen molar-refractivity contribution in [3.8, 4) is 22.5 Å². The molecule has 0 amide bonds. The van der Waals surface area contributed by atoms with Gasteiger partial charge >= 0.3 is 0 Å². The maximum atomic E-state index is 11.1. The summed E-state index contributed by atoms with van der Waals surface area (Å²) in [5.41, 5.74) is 5.50. The van der Waals surface area contributed by atoms with E-state index in [4.69, 9.17) is 4.42 Å². The third kappa shape index (κ3) is 3.68. The summed E-state index contributed by atoms with van der Waals surface area (Å²) in [5, 5.41) is 3.28. The second kappa shape index (κ2) is 8.13. The van der Waals surface area contributed by atoms with Crippen molar-refractivity contribution in [1.82, 2.24) is 14.8 Å². The number of hydrogen-bond acceptors (Lipinski definition) is 6. The van der Waals surface area contributed by atoms with Gasteiger partial charge < -0.3 is 9.32 Å². The van der Waals surface area contributed by atoms with Gasteiger partial charge in [-0.25, -0.2) is 0 Å². The standard InChI is InChI=1S/C24H26N4O2/c1-27-10-12-28(13-11-27)16-20-15-22(17-6-8-25-9-7-17)24(30-20)19-2-4-21-18(14-19)3-5-23(21)26-29/h2,4,6-9,14-15,23H,3,5,10-13,16H2,1H3. The van der Waals surface area contributed by atoms with Crippen LogP contribution in [0.1, 0.15) is 29.3 Å². The lowest BCUT2D eigenvalue weighted by Crippen LogP contribution is -2.43. The lowest BCUT2D eigenvalue weighted by molar-refractivity contribution is 0.140. The van der Waals surface area contributed by atoms with Gasteiger partial charge in [-0.15, -0.1) is 0 Å². The number of nitrogens with zero attached hydrogens (tertiary/aromatic N) is 4. The second-order valence-corrected chi connectivity index (χ2v) is 8.34. The molecule has 3 heterocycles. The highest BCUT2D eigenvalue weighted by atomic mass is 16.3. The predicted molar refractivity (Wildman–Crippen MR) is 117 cm³/mol. The number of fused-ring (bicyclic) bond motifs is 1. The summed E-state index contributed by atoms with van der Waals surface area (Å²) < 4.78 is 6.44. The molecule has 1 atom stereocenters. The summed E-state index contributed by atoms with van der Waals surface area (Å²) in [6.45, 7) is 5.09. The minimum atomic E-state index is -0.210. The molecule has 1 fully saturated rings. The van der Waals surface area contributed by atoms with Gasteiger partial charge in [0, 0.05) is 49.7 Å². The summed E-state index contributed by atoms with van der Waals surface area (Å²) in [5.74, 6) is 1.87. The Morgan fingerprint density at radius 1 is 1.07 bits per heavy atom. The fraction of sp³-hybridized carbons (Fsp3) is 0.375. The monoisotopic (exact) mass is 402 g/mol. The van der Waals surface area contributed by atoms with Gasteiger partial charge in [0.2, 0.25) is 0 Å². The molecule has 1 saturated heterocycles. The number of piperazine rings is 1. The van der Waals surface area contributed by atoms with Crippen LogP contribution in [0.15, 0.2) is 58.4 Å². The summed E-state index contributed by atoms with van der Waals surface area (Å²) in [7, 11) is 2.17. The van der Waals surface area contributed by atoms with Gasteiger partial charge in [-0.2, -0.15) is 4.91 Å². The number of pyridine rings is 1. The maximum Gasteiger partial charge on any atom is 0.142 e. The van der Waals surface area contributed by atoms with Crippen LogP contribution in [0.25, 0.3) is 22.5 Å². The molecule has 0 radical (unpaired) electrons. The SMILES string of the molecule is CN1CCN(Cc2cc(-c3ccncc3)c(-c3ccc4c(c3)CCC4N=O)o2)CC1. The van der Waals surface area contributed by atoms with Gasteiger partial charge in [-0.3, -0.25) is 9.88 Å². The van der Waals surface area contributed by atoms with Gasteiger partial charge in [0.15, 0.2) is 0 Å². The molecule has 3 aromatic rings. The quantitative estimate of drug-likeness (QED) is 0.588. The van der Waals surface area contributed by atoms with Gasteiger partial charge in [0.1, 0.15) is 17.6 Å². The molecule has 1 unspecified atom stereocenters. The van der Waals surface area contributed by atoms with Crippen molar-refractivity contribution < 1.29 is 4.42 Å². The Morgan fingerprint density at radius 3 is 2.63 bits per heavy atom. The summed E-state index contributed by atoms with van der Waals surface area (Å²) >= 11 is 0. The van der Waals surface area contributed by atoms with E-state index in [0.29, 0.717) is 0 Å². The normalized spacial score (nSPS) is 19.7. The molecule has 0 N–H and O–H groups in total. The Morgan fingerprint density at radius 2 is 1.87 bits per heavy atom. The van der Waals surface area contributed by atoms with Gasteiger partial charge in [0.25, 0.3) is 0 Å². The van der Waals surface area contributed by atoms with Crippen molar-refractivity contribution in [2.75, 3.05) is 33.2 Å². The molecule has 1 aliphatic heterocycles. The molecule has 2 aliphatic rings. The number of benzene rings is 1. The first-order chi connectivity index (χ1) is 14.7. The smallest absolute Gasteiger partial charge is 0.142 e. The second-order valence-electron chi connectivity index (χ2n) is 8.34. The van der Waals surface area contributed by atoms with Gasteiger partial charge in [-0.1, -0.05) is 17.3 Å². The third-order valence-electron chi connectivity index (χ3n) is 6.33. The largest absolute Gasteiger partial charge is 0.459 e. The van der Waals surface area contributed by atoms with Crippen LogP contribution in [0.4, 0.5) is 0 Å². The molecule has 30 heavy (non-hydrogen) atoms. The summed E-state index contributed by atoms with van der Waals surface area (Å²) in [6, 6.07) is 12.3. The molecule has 2 aromatic heterocycles. The number of hydrogen-bond donors (Lipinski definition) is 0. The zero-order chi connectivity index (χ0) is 20.5. The lowest BCUT2D eigenvalue weighted by atomic mass is 9.99. The van der Waals surface area contributed by atoms with Crippen molar-refractivity contribution in [3.63, 3.8) is 0 Å². The van der Waals surface area contributed by atoms with Crippen LogP contribution >= 0.6 is 0 Å². The third-order valence-corrected chi connectivity index (χ3v) is 6.33. The van der Waals surface area contributed by atoms with E-state index in [1.165, 1.54) is 5.56 Å². The average Bonchev–Trinajstić information content (AvgIpc) is 3.39. The van der Waals surface area contributed by atoms with Gasteiger partial charge in [0.05, 0.1) is 6.54 Å². The maximum absolute atomic E-state index is 11.1. The molecular weight excluding hydrogens is 376 g/mol. The first kappa shape index (κ1) is 19.2. The van der Waals surface area contributed by atoms with Crippen LogP contribution in [-0.2, 0) is 13.0 Å². The number of aromatic nitrogens is 1. The van der Waals surface area contributed by atoms with Crippen LogP contribution in [0, 0.1) is 4.91 Å². The molecule has 5 rings (SSSR count). The highest BCUT2D eigenvalue weighted by Gasteiger charge is 2.25. The summed E-state index contributed by atoms with van der Waals surface area (Å²) in [6.07, 6.45) is 5.32. The van der Waals surface area contributed by atoms with Crippen LogP contribution in [0.5, 0.6) is 0 Å². The van der Waals surface area contributed by atoms with Gasteiger partial charge in [-0.05, 0) is 60.8 Å². The number of nitroso groups, excluding NO2 is 1. The van der Waals surface area contributed by atoms with Crippen LogP contribution in [0.2, 0.25) is 0 Å². The Bertz CT molecular complexity index is 1040. The van der Waals surface area contributed by atoms with Crippen molar-refractivity contribution in [1.29, 1.82) is 0 Å². The number of aryl methyl sites for hydroxylation is 1. The Labute approximate surface area is 176 Å². The average molecular weight is 402 g/mol. The zero-order valence-corrected chi connectivity index (χ0v) is 17.3.